The second-order valence-corrected chi connectivity index (χ2v) is 4.10. The number of amides is 1. The van der Waals surface area contributed by atoms with Crippen LogP contribution in [0.4, 0.5) is 13.2 Å². The first-order valence-electron chi connectivity index (χ1n) is 5.36. The molecule has 0 saturated carbocycles. The lowest BCUT2D eigenvalue weighted by Crippen LogP contribution is -2.27. The lowest BCUT2D eigenvalue weighted by Gasteiger charge is -2.07. The van der Waals surface area contributed by atoms with Crippen molar-refractivity contribution >= 4 is 5.91 Å². The van der Waals surface area contributed by atoms with Crippen LogP contribution in [0.15, 0.2) is 30.4 Å². The highest BCUT2D eigenvalue weighted by molar-refractivity contribution is 5.92. The van der Waals surface area contributed by atoms with Crippen LogP contribution in [0.2, 0.25) is 0 Å². The summed E-state index contributed by atoms with van der Waals surface area (Å²) in [5.74, 6) is -0.645. The van der Waals surface area contributed by atoms with Crippen molar-refractivity contribution in [3.8, 4) is 0 Å². The predicted octanol–water partition coefficient (Wildman–Crippen LogP) is 2.30. The zero-order valence-electron chi connectivity index (χ0n) is 10.6. The number of alkyl halides is 3. The maximum atomic E-state index is 12.4. The first-order chi connectivity index (χ1) is 8.62. The summed E-state index contributed by atoms with van der Waals surface area (Å²) in [4.78, 5) is 11.7. The van der Waals surface area contributed by atoms with Crippen molar-refractivity contribution < 1.29 is 18.0 Å². The van der Waals surface area contributed by atoms with Crippen LogP contribution >= 0.6 is 0 Å². The standard InChI is InChI=1S/C12H14F3N3O/c1-7(2)8(3)6-16-11(19)9-5-10(12(13,14)15)17-18(9)4/h5H,1,3,6H2,2,4H3,(H,16,19). The summed E-state index contributed by atoms with van der Waals surface area (Å²) in [5.41, 5.74) is 0.0357. The maximum Gasteiger partial charge on any atom is 0.435 e. The summed E-state index contributed by atoms with van der Waals surface area (Å²) in [6.45, 7) is 9.16. The van der Waals surface area contributed by atoms with Crippen LogP contribution in [0.3, 0.4) is 0 Å². The van der Waals surface area contributed by atoms with E-state index >= 15 is 0 Å². The highest BCUT2D eigenvalue weighted by Crippen LogP contribution is 2.28. The number of hydrogen-bond acceptors (Lipinski definition) is 2. The van der Waals surface area contributed by atoms with Crippen LogP contribution in [0.1, 0.15) is 23.1 Å². The molecule has 1 aromatic rings. The lowest BCUT2D eigenvalue weighted by atomic mass is 10.1. The largest absolute Gasteiger partial charge is 0.435 e. The van der Waals surface area contributed by atoms with Gasteiger partial charge in [-0.2, -0.15) is 18.3 Å². The van der Waals surface area contributed by atoms with Gasteiger partial charge in [-0.3, -0.25) is 9.48 Å². The van der Waals surface area contributed by atoms with Gasteiger partial charge in [-0.25, -0.2) is 0 Å². The van der Waals surface area contributed by atoms with Gasteiger partial charge in [-0.05, 0) is 12.5 Å². The number of aryl methyl sites for hydroxylation is 1. The Morgan fingerprint density at radius 2 is 2.05 bits per heavy atom. The zero-order chi connectivity index (χ0) is 14.8. The van der Waals surface area contributed by atoms with Crippen LogP contribution in [0.25, 0.3) is 0 Å². The van der Waals surface area contributed by atoms with Crippen LogP contribution < -0.4 is 5.32 Å². The number of nitrogens with one attached hydrogen (secondary N) is 1. The average Bonchev–Trinajstić information content (AvgIpc) is 2.67. The third-order valence-electron chi connectivity index (χ3n) is 2.47. The summed E-state index contributed by atoms with van der Waals surface area (Å²) in [6.07, 6.45) is -4.57. The van der Waals surface area contributed by atoms with Crippen molar-refractivity contribution in [1.29, 1.82) is 0 Å². The number of nitrogens with zero attached hydrogens (tertiary/aromatic N) is 2. The van der Waals surface area contributed by atoms with E-state index in [1.54, 1.807) is 6.92 Å². The molecule has 0 aliphatic heterocycles. The van der Waals surface area contributed by atoms with Gasteiger partial charge in [0.25, 0.3) is 5.91 Å². The van der Waals surface area contributed by atoms with Gasteiger partial charge in [0.05, 0.1) is 0 Å². The van der Waals surface area contributed by atoms with Gasteiger partial charge in [0.15, 0.2) is 5.69 Å². The van der Waals surface area contributed by atoms with Crippen LogP contribution in [0.5, 0.6) is 0 Å². The fourth-order valence-corrected chi connectivity index (χ4v) is 1.25. The third-order valence-corrected chi connectivity index (χ3v) is 2.47. The van der Waals surface area contributed by atoms with E-state index in [9.17, 15) is 18.0 Å². The number of halogens is 3. The molecule has 0 fully saturated rings. The summed E-state index contributed by atoms with van der Waals surface area (Å²) in [6, 6.07) is 0.707. The van der Waals surface area contributed by atoms with E-state index in [4.69, 9.17) is 0 Å². The van der Waals surface area contributed by atoms with Gasteiger partial charge in [-0.15, -0.1) is 0 Å². The smallest absolute Gasteiger partial charge is 0.347 e. The van der Waals surface area contributed by atoms with Gasteiger partial charge in [-0.1, -0.05) is 18.7 Å². The SMILES string of the molecule is C=C(C)C(=C)CNC(=O)c1cc(C(F)(F)F)nn1C. The Hall–Kier alpha value is -2.05. The summed E-state index contributed by atoms with van der Waals surface area (Å²) < 4.78 is 38.2. The quantitative estimate of drug-likeness (QED) is 0.856. The number of aromatic nitrogens is 2. The fourth-order valence-electron chi connectivity index (χ4n) is 1.25. The molecule has 4 nitrogen and oxygen atoms in total. The topological polar surface area (TPSA) is 46.9 Å². The molecule has 104 valence electrons. The minimum absolute atomic E-state index is 0.126. The number of rotatable bonds is 4. The number of carbonyl (C=O) groups is 1. The Morgan fingerprint density at radius 1 is 1.47 bits per heavy atom. The molecule has 1 aromatic heterocycles. The van der Waals surface area contributed by atoms with E-state index in [1.165, 1.54) is 7.05 Å². The molecular formula is C12H14F3N3O. The highest BCUT2D eigenvalue weighted by atomic mass is 19.4. The lowest BCUT2D eigenvalue weighted by molar-refractivity contribution is -0.141. The van der Waals surface area contributed by atoms with Gasteiger partial charge in [0.1, 0.15) is 5.69 Å². The van der Waals surface area contributed by atoms with Gasteiger partial charge >= 0.3 is 6.18 Å². The van der Waals surface area contributed by atoms with Crippen molar-refractivity contribution in [2.75, 3.05) is 6.54 Å². The van der Waals surface area contributed by atoms with Crippen LogP contribution in [-0.4, -0.2) is 22.2 Å². The molecule has 0 aromatic carbocycles. The molecule has 7 heteroatoms. The summed E-state index contributed by atoms with van der Waals surface area (Å²) in [5, 5.41) is 5.71. The molecule has 1 amide bonds. The average molecular weight is 273 g/mol. The normalized spacial score (nSPS) is 11.2. The molecule has 0 atom stereocenters. The first-order valence-corrected chi connectivity index (χ1v) is 5.36. The van der Waals surface area contributed by atoms with Gasteiger partial charge in [0.2, 0.25) is 0 Å². The van der Waals surface area contributed by atoms with Crippen molar-refractivity contribution in [2.45, 2.75) is 13.1 Å². The van der Waals surface area contributed by atoms with Crippen molar-refractivity contribution in [3.63, 3.8) is 0 Å². The van der Waals surface area contributed by atoms with E-state index in [0.717, 1.165) is 4.68 Å². The molecule has 1 N–H and O–H groups in total. The summed E-state index contributed by atoms with van der Waals surface area (Å²) >= 11 is 0. The van der Waals surface area contributed by atoms with E-state index in [-0.39, 0.29) is 12.2 Å². The zero-order valence-corrected chi connectivity index (χ0v) is 10.6. The van der Waals surface area contributed by atoms with E-state index in [2.05, 4.69) is 23.6 Å². The molecule has 19 heavy (non-hydrogen) atoms. The third kappa shape index (κ3) is 3.70. The Morgan fingerprint density at radius 3 is 2.47 bits per heavy atom. The molecule has 0 aliphatic rings. The van der Waals surface area contributed by atoms with Crippen LogP contribution in [0, 0.1) is 0 Å². The molecule has 0 saturated heterocycles. The molecular weight excluding hydrogens is 259 g/mol. The molecule has 0 radical (unpaired) electrons. The molecule has 1 heterocycles. The molecule has 0 spiro atoms. The molecule has 0 bridgehead atoms. The Labute approximate surface area is 108 Å². The second kappa shape index (κ2) is 5.29. The highest BCUT2D eigenvalue weighted by Gasteiger charge is 2.35. The predicted molar refractivity (Wildman–Crippen MR) is 64.5 cm³/mol. The van der Waals surface area contributed by atoms with E-state index in [0.29, 0.717) is 17.2 Å². The van der Waals surface area contributed by atoms with Crippen molar-refractivity contribution in [2.24, 2.45) is 7.05 Å². The fraction of sp³-hybridized carbons (Fsp3) is 0.333. The molecule has 1 rings (SSSR count). The Kier molecular flexibility index (Phi) is 4.18. The maximum absolute atomic E-state index is 12.4. The minimum atomic E-state index is -4.57. The second-order valence-electron chi connectivity index (χ2n) is 4.10. The van der Waals surface area contributed by atoms with E-state index in [1.807, 2.05) is 0 Å². The number of hydrogen-bond donors (Lipinski definition) is 1. The van der Waals surface area contributed by atoms with Crippen molar-refractivity contribution in [3.05, 3.63) is 41.8 Å². The molecule has 0 unspecified atom stereocenters. The molecule has 0 aliphatic carbocycles. The Balaban J connectivity index is 2.81. The van der Waals surface area contributed by atoms with Crippen LogP contribution in [-0.2, 0) is 13.2 Å². The minimum Gasteiger partial charge on any atom is -0.347 e. The van der Waals surface area contributed by atoms with Gasteiger partial charge in [0, 0.05) is 19.7 Å². The first kappa shape index (κ1) is 15.0. The van der Waals surface area contributed by atoms with E-state index < -0.39 is 17.8 Å². The number of carbonyl (C=O) groups excluding carboxylic acids is 1. The summed E-state index contributed by atoms with van der Waals surface area (Å²) in [7, 11) is 1.28. The van der Waals surface area contributed by atoms with Crippen molar-refractivity contribution in [1.82, 2.24) is 15.1 Å². The Bertz CT molecular complexity index is 529. The van der Waals surface area contributed by atoms with Gasteiger partial charge < -0.3 is 5.32 Å². The monoisotopic (exact) mass is 273 g/mol.